The smallest absolute Gasteiger partial charge is 0.160 e. The number of furan rings is 1. The molecule has 0 spiro atoms. The highest BCUT2D eigenvalue weighted by Crippen LogP contribution is 2.50. The number of rotatable bonds is 6. The van der Waals surface area contributed by atoms with E-state index in [0.29, 0.717) is 0 Å². The van der Waals surface area contributed by atoms with E-state index in [0.717, 1.165) is 44.6 Å². The number of hydrogen-bond donors (Lipinski definition) is 0. The van der Waals surface area contributed by atoms with Crippen LogP contribution in [0.15, 0.2) is 217 Å². The highest BCUT2D eigenvalue weighted by molar-refractivity contribution is 7.26. The van der Waals surface area contributed by atoms with E-state index in [1.807, 2.05) is 11.3 Å². The lowest BCUT2D eigenvalue weighted by Gasteiger charge is -2.27. The van der Waals surface area contributed by atoms with Gasteiger partial charge >= 0.3 is 0 Å². The molecule has 0 bridgehead atoms. The average Bonchev–Trinajstić information content (AvgIpc) is 3.90. The van der Waals surface area contributed by atoms with Gasteiger partial charge in [-0.1, -0.05) is 170 Å². The summed E-state index contributed by atoms with van der Waals surface area (Å²) in [6, 6.07) is 76.8. The monoisotopic (exact) mass is 769 g/mol. The van der Waals surface area contributed by atoms with Gasteiger partial charge in [0.15, 0.2) is 5.58 Å². The van der Waals surface area contributed by atoms with Crippen LogP contribution in [-0.4, -0.2) is 0 Å². The maximum Gasteiger partial charge on any atom is 0.160 e. The molecular formula is C56H35NOS. The lowest BCUT2D eigenvalue weighted by atomic mass is 9.92. The zero-order chi connectivity index (χ0) is 38.9. The highest BCUT2D eigenvalue weighted by Gasteiger charge is 2.25. The summed E-state index contributed by atoms with van der Waals surface area (Å²) in [7, 11) is 0. The number of anilines is 3. The van der Waals surface area contributed by atoms with E-state index in [1.54, 1.807) is 0 Å². The van der Waals surface area contributed by atoms with Crippen molar-refractivity contribution in [3.63, 3.8) is 0 Å². The summed E-state index contributed by atoms with van der Waals surface area (Å²) in [4.78, 5) is 2.37. The van der Waals surface area contributed by atoms with Gasteiger partial charge in [-0.3, -0.25) is 0 Å². The second-order valence-corrected chi connectivity index (χ2v) is 16.3. The van der Waals surface area contributed by atoms with Crippen molar-refractivity contribution in [2.24, 2.45) is 0 Å². The fourth-order valence-corrected chi connectivity index (χ4v) is 10.4. The Labute approximate surface area is 345 Å². The summed E-state index contributed by atoms with van der Waals surface area (Å²) < 4.78 is 9.63. The van der Waals surface area contributed by atoms with Crippen molar-refractivity contribution in [3.8, 4) is 33.4 Å². The molecule has 2 nitrogen and oxygen atoms in total. The molecule has 0 fully saturated rings. The summed E-state index contributed by atoms with van der Waals surface area (Å²) >= 11 is 1.87. The van der Waals surface area contributed by atoms with Crippen LogP contribution in [0, 0.1) is 0 Å². The third-order valence-corrected chi connectivity index (χ3v) is 13.1. The molecule has 10 aromatic carbocycles. The molecule has 0 radical (unpaired) electrons. The second-order valence-electron chi connectivity index (χ2n) is 15.2. The van der Waals surface area contributed by atoms with Crippen LogP contribution in [0.1, 0.15) is 0 Å². The van der Waals surface area contributed by atoms with Gasteiger partial charge in [0.05, 0.1) is 5.69 Å². The van der Waals surface area contributed by atoms with Crippen LogP contribution < -0.4 is 4.90 Å². The van der Waals surface area contributed by atoms with Gasteiger partial charge in [-0.2, -0.15) is 0 Å². The molecule has 0 amide bonds. The zero-order valence-corrected chi connectivity index (χ0v) is 32.8. The molecule has 0 atom stereocenters. The Morgan fingerprint density at radius 2 is 0.949 bits per heavy atom. The molecule has 0 N–H and O–H groups in total. The Bertz CT molecular complexity index is 3550. The molecule has 12 aromatic rings. The van der Waals surface area contributed by atoms with Gasteiger partial charge in [-0.15, -0.1) is 11.3 Å². The van der Waals surface area contributed by atoms with Gasteiger partial charge in [0.1, 0.15) is 5.58 Å². The van der Waals surface area contributed by atoms with Gasteiger partial charge in [0, 0.05) is 42.3 Å². The SMILES string of the molecule is c1ccc(-c2ccc(N(c3ccc4ccc5ccccc5c4c3)c3ccc(-c4ccc(-c5ccccc5)c5sc6ccccc6c45)c4c3oc3ccccc34)cc2)cc1. The van der Waals surface area contributed by atoms with Crippen molar-refractivity contribution in [1.29, 1.82) is 0 Å². The van der Waals surface area contributed by atoms with Crippen LogP contribution in [0.25, 0.3) is 97.0 Å². The molecule has 0 aliphatic rings. The quantitative estimate of drug-likeness (QED) is 0.157. The maximum absolute atomic E-state index is 7.06. The number of fused-ring (bicyclic) bond motifs is 9. The number of benzene rings is 10. The minimum atomic E-state index is 0.855. The first-order valence-electron chi connectivity index (χ1n) is 20.1. The van der Waals surface area contributed by atoms with Crippen molar-refractivity contribution < 1.29 is 4.42 Å². The lowest BCUT2D eigenvalue weighted by Crippen LogP contribution is -2.10. The first-order valence-corrected chi connectivity index (χ1v) is 20.9. The van der Waals surface area contributed by atoms with Crippen LogP contribution in [0.3, 0.4) is 0 Å². The van der Waals surface area contributed by atoms with Gasteiger partial charge in [0.2, 0.25) is 0 Å². The normalized spacial score (nSPS) is 11.7. The van der Waals surface area contributed by atoms with Gasteiger partial charge in [0.25, 0.3) is 0 Å². The topological polar surface area (TPSA) is 16.4 Å². The van der Waals surface area contributed by atoms with Crippen molar-refractivity contribution >= 4 is 92.1 Å². The first-order chi connectivity index (χ1) is 29.3. The average molecular weight is 770 g/mol. The number of thiophene rings is 1. The molecular weight excluding hydrogens is 735 g/mol. The molecule has 59 heavy (non-hydrogen) atoms. The van der Waals surface area contributed by atoms with E-state index in [2.05, 4.69) is 217 Å². The standard InChI is InChI=1S/C56H35NOS/c1-3-13-36(14-4-1)37-25-28-41(29-26-37)57(42-30-27-40-24-23-39-17-7-8-18-43(39)49(40)35-42)50-34-33-45(53-47-19-9-11-21-51(47)58-55(50)53)46-32-31-44(38-15-5-2-6-16-38)56-54(46)48-20-10-12-22-52(48)59-56/h1-35H. The Hall–Kier alpha value is -7.46. The third kappa shape index (κ3) is 5.47. The third-order valence-electron chi connectivity index (χ3n) is 11.9. The van der Waals surface area contributed by atoms with E-state index in [1.165, 1.54) is 69.5 Å². The molecule has 0 unspecified atom stereocenters. The van der Waals surface area contributed by atoms with Crippen LogP contribution >= 0.6 is 11.3 Å². The first kappa shape index (κ1) is 33.7. The summed E-state index contributed by atoms with van der Waals surface area (Å²) in [5, 5.41) is 9.65. The van der Waals surface area contributed by atoms with E-state index in [-0.39, 0.29) is 0 Å². The molecule has 0 saturated heterocycles. The Morgan fingerprint density at radius 3 is 1.76 bits per heavy atom. The molecule has 2 heterocycles. The number of nitrogens with zero attached hydrogens (tertiary/aromatic N) is 1. The summed E-state index contributed by atoms with van der Waals surface area (Å²) in [6.45, 7) is 0. The minimum Gasteiger partial charge on any atom is -0.454 e. The number of para-hydroxylation sites is 1. The Kier molecular flexibility index (Phi) is 7.75. The van der Waals surface area contributed by atoms with Gasteiger partial charge in [-0.05, 0) is 97.4 Å². The molecule has 2 aromatic heterocycles. The summed E-state index contributed by atoms with van der Waals surface area (Å²) in [6.07, 6.45) is 0. The molecule has 0 aliphatic heterocycles. The second kappa shape index (κ2) is 13.6. The van der Waals surface area contributed by atoms with Crippen molar-refractivity contribution in [2.75, 3.05) is 4.90 Å². The molecule has 0 aliphatic carbocycles. The van der Waals surface area contributed by atoms with Crippen LogP contribution in [-0.2, 0) is 0 Å². The fraction of sp³-hybridized carbons (Fsp3) is 0. The van der Waals surface area contributed by atoms with E-state index < -0.39 is 0 Å². The minimum absolute atomic E-state index is 0.855. The molecule has 0 saturated carbocycles. The van der Waals surface area contributed by atoms with Crippen molar-refractivity contribution in [1.82, 2.24) is 0 Å². The van der Waals surface area contributed by atoms with Crippen LogP contribution in [0.5, 0.6) is 0 Å². The fourth-order valence-electron chi connectivity index (χ4n) is 9.10. The largest absolute Gasteiger partial charge is 0.454 e. The Balaban J connectivity index is 1.13. The maximum atomic E-state index is 7.06. The summed E-state index contributed by atoms with van der Waals surface area (Å²) in [5.41, 5.74) is 12.0. The summed E-state index contributed by atoms with van der Waals surface area (Å²) in [5.74, 6) is 0. The van der Waals surface area contributed by atoms with Crippen LogP contribution in [0.2, 0.25) is 0 Å². The van der Waals surface area contributed by atoms with Crippen molar-refractivity contribution in [3.05, 3.63) is 212 Å². The van der Waals surface area contributed by atoms with E-state index in [4.69, 9.17) is 4.42 Å². The van der Waals surface area contributed by atoms with E-state index in [9.17, 15) is 0 Å². The molecule has 276 valence electrons. The predicted molar refractivity (Wildman–Crippen MR) is 253 cm³/mol. The van der Waals surface area contributed by atoms with Crippen LogP contribution in [0.4, 0.5) is 17.1 Å². The Morgan fingerprint density at radius 1 is 0.373 bits per heavy atom. The van der Waals surface area contributed by atoms with Crippen molar-refractivity contribution in [2.45, 2.75) is 0 Å². The zero-order valence-electron chi connectivity index (χ0n) is 32.0. The predicted octanol–water partition coefficient (Wildman–Crippen LogP) is 16.7. The van der Waals surface area contributed by atoms with Gasteiger partial charge < -0.3 is 9.32 Å². The lowest BCUT2D eigenvalue weighted by molar-refractivity contribution is 0.669. The highest BCUT2D eigenvalue weighted by atomic mass is 32.1. The van der Waals surface area contributed by atoms with E-state index >= 15 is 0 Å². The molecule has 12 rings (SSSR count). The molecule has 3 heteroatoms. The number of hydrogen-bond acceptors (Lipinski definition) is 3. The van der Waals surface area contributed by atoms with Gasteiger partial charge in [-0.25, -0.2) is 0 Å².